The zero-order valence-corrected chi connectivity index (χ0v) is 9.84. The van der Waals surface area contributed by atoms with Gasteiger partial charge in [-0.1, -0.05) is 23.9 Å². The van der Waals surface area contributed by atoms with Gasteiger partial charge in [0.25, 0.3) is 0 Å². The van der Waals surface area contributed by atoms with Gasteiger partial charge in [0.15, 0.2) is 0 Å². The summed E-state index contributed by atoms with van der Waals surface area (Å²) in [7, 11) is 0. The van der Waals surface area contributed by atoms with Gasteiger partial charge in [-0.15, -0.1) is 5.10 Å². The lowest BCUT2D eigenvalue weighted by molar-refractivity contribution is 0.262. The molecule has 17 heavy (non-hydrogen) atoms. The van der Waals surface area contributed by atoms with E-state index in [9.17, 15) is 5.11 Å². The van der Waals surface area contributed by atoms with Crippen LogP contribution in [0.25, 0.3) is 0 Å². The van der Waals surface area contributed by atoms with Crippen molar-refractivity contribution < 1.29 is 10.2 Å². The average molecular weight is 252 g/mol. The third kappa shape index (κ3) is 3.18. The predicted octanol–water partition coefficient (Wildman–Crippen LogP) is 0.663. The Balaban J connectivity index is 1.99. The molecule has 6 nitrogen and oxygen atoms in total. The maximum absolute atomic E-state index is 9.32. The van der Waals surface area contributed by atoms with Gasteiger partial charge in [0.1, 0.15) is 5.75 Å². The molecule has 1 aromatic heterocycles. The van der Waals surface area contributed by atoms with Crippen LogP contribution < -0.4 is 0 Å². The van der Waals surface area contributed by atoms with E-state index >= 15 is 0 Å². The Hall–Kier alpha value is -1.60. The number of phenolic OH excluding ortho intramolecular Hbond substituents is 1. The molecule has 90 valence electrons. The Kier molecular flexibility index (Phi) is 3.94. The van der Waals surface area contributed by atoms with Crippen LogP contribution in [0.2, 0.25) is 0 Å². The number of nitrogens with zero attached hydrogens (tertiary/aromatic N) is 4. The summed E-state index contributed by atoms with van der Waals surface area (Å²) in [5, 5.41) is 30.0. The van der Waals surface area contributed by atoms with Crippen molar-refractivity contribution in [3.63, 3.8) is 0 Å². The van der Waals surface area contributed by atoms with Crippen LogP contribution in [-0.4, -0.2) is 37.0 Å². The summed E-state index contributed by atoms with van der Waals surface area (Å²) >= 11 is 1.46. The number of aliphatic hydroxyl groups excluding tert-OH is 1. The first-order chi connectivity index (χ1) is 8.29. The van der Waals surface area contributed by atoms with Crippen molar-refractivity contribution in [1.82, 2.24) is 20.2 Å². The molecular formula is C10H12N4O2S. The van der Waals surface area contributed by atoms with E-state index in [4.69, 9.17) is 5.11 Å². The summed E-state index contributed by atoms with van der Waals surface area (Å²) in [6, 6.07) is 7.05. The number of rotatable bonds is 5. The van der Waals surface area contributed by atoms with Crippen LogP contribution >= 0.6 is 11.8 Å². The van der Waals surface area contributed by atoms with Crippen LogP contribution in [0.15, 0.2) is 29.4 Å². The van der Waals surface area contributed by atoms with Gasteiger partial charge in [0, 0.05) is 5.75 Å². The number of tetrazole rings is 1. The molecule has 0 aliphatic carbocycles. The third-order valence-corrected chi connectivity index (χ3v) is 3.12. The number of phenols is 1. The summed E-state index contributed by atoms with van der Waals surface area (Å²) in [6.45, 7) is 0.389. The molecule has 7 heteroatoms. The molecule has 2 aromatic rings. The van der Waals surface area contributed by atoms with Crippen LogP contribution in [-0.2, 0) is 12.3 Å². The van der Waals surface area contributed by atoms with Gasteiger partial charge in [-0.2, -0.15) is 0 Å². The first-order valence-corrected chi connectivity index (χ1v) is 6.06. The Labute approximate surface area is 102 Å². The number of hydrogen-bond acceptors (Lipinski definition) is 6. The molecule has 0 bridgehead atoms. The van der Waals surface area contributed by atoms with Crippen LogP contribution in [0.4, 0.5) is 0 Å². The van der Waals surface area contributed by atoms with Gasteiger partial charge in [-0.25, -0.2) is 4.68 Å². The second kappa shape index (κ2) is 5.65. The van der Waals surface area contributed by atoms with E-state index in [0.29, 0.717) is 17.5 Å². The molecule has 0 saturated heterocycles. The van der Waals surface area contributed by atoms with Crippen LogP contribution in [0, 0.1) is 0 Å². The van der Waals surface area contributed by atoms with Gasteiger partial charge in [0.05, 0.1) is 13.2 Å². The highest BCUT2D eigenvalue weighted by Gasteiger charge is 2.06. The van der Waals surface area contributed by atoms with Crippen LogP contribution in [0.3, 0.4) is 0 Å². The Morgan fingerprint density at radius 2 is 2.24 bits per heavy atom. The minimum absolute atomic E-state index is 0.00469. The minimum atomic E-state index is 0.00469. The molecule has 0 fully saturated rings. The third-order valence-electron chi connectivity index (χ3n) is 2.09. The van der Waals surface area contributed by atoms with Crippen molar-refractivity contribution in [3.8, 4) is 5.75 Å². The number of aliphatic hydroxyl groups is 1. The number of hydrogen-bond donors (Lipinski definition) is 2. The fraction of sp³-hybridized carbons (Fsp3) is 0.300. The van der Waals surface area contributed by atoms with Crippen molar-refractivity contribution in [2.75, 3.05) is 6.61 Å². The van der Waals surface area contributed by atoms with E-state index in [1.165, 1.54) is 11.8 Å². The molecule has 0 radical (unpaired) electrons. The van der Waals surface area contributed by atoms with Gasteiger partial charge in [-0.05, 0) is 28.1 Å². The maximum Gasteiger partial charge on any atom is 0.209 e. The first-order valence-electron chi connectivity index (χ1n) is 5.07. The lowest BCUT2D eigenvalue weighted by atomic mass is 10.2. The number of thioether (sulfide) groups is 1. The topological polar surface area (TPSA) is 84.1 Å². The van der Waals surface area contributed by atoms with E-state index in [1.807, 2.05) is 6.07 Å². The predicted molar refractivity (Wildman–Crippen MR) is 62.6 cm³/mol. The summed E-state index contributed by atoms with van der Waals surface area (Å²) < 4.78 is 1.55. The van der Waals surface area contributed by atoms with Crippen molar-refractivity contribution in [3.05, 3.63) is 29.8 Å². The molecule has 1 aromatic carbocycles. The number of benzene rings is 1. The second-order valence-electron chi connectivity index (χ2n) is 3.37. The highest BCUT2D eigenvalue weighted by atomic mass is 32.2. The van der Waals surface area contributed by atoms with Gasteiger partial charge in [-0.3, -0.25) is 0 Å². The molecular weight excluding hydrogens is 240 g/mol. The van der Waals surface area contributed by atoms with Crippen LogP contribution in [0.5, 0.6) is 5.75 Å². The molecule has 2 N–H and O–H groups in total. The van der Waals surface area contributed by atoms with Gasteiger partial charge < -0.3 is 10.2 Å². The SMILES string of the molecule is OCCn1nnnc1SCc1cccc(O)c1. The number of aromatic nitrogens is 4. The van der Waals surface area contributed by atoms with E-state index in [1.54, 1.807) is 22.9 Å². The molecule has 0 amide bonds. The van der Waals surface area contributed by atoms with E-state index < -0.39 is 0 Å². The largest absolute Gasteiger partial charge is 0.508 e. The minimum Gasteiger partial charge on any atom is -0.508 e. The first kappa shape index (κ1) is 11.9. The fourth-order valence-electron chi connectivity index (χ4n) is 1.33. The van der Waals surface area contributed by atoms with Crippen LogP contribution in [0.1, 0.15) is 5.56 Å². The zero-order valence-electron chi connectivity index (χ0n) is 9.02. The zero-order chi connectivity index (χ0) is 12.1. The highest BCUT2D eigenvalue weighted by Crippen LogP contribution is 2.21. The highest BCUT2D eigenvalue weighted by molar-refractivity contribution is 7.98. The molecule has 1 heterocycles. The summed E-state index contributed by atoms with van der Waals surface area (Å²) in [4.78, 5) is 0. The average Bonchev–Trinajstić information content (AvgIpc) is 2.75. The quantitative estimate of drug-likeness (QED) is 0.761. The van der Waals surface area contributed by atoms with Gasteiger partial charge in [0.2, 0.25) is 5.16 Å². The Morgan fingerprint density at radius 1 is 1.35 bits per heavy atom. The molecule has 0 atom stereocenters. The van der Waals surface area contributed by atoms with E-state index in [2.05, 4.69) is 15.5 Å². The standard InChI is InChI=1S/C10H12N4O2S/c15-5-4-14-10(11-12-13-14)17-7-8-2-1-3-9(16)6-8/h1-3,6,15-16H,4-5,7H2. The van der Waals surface area contributed by atoms with E-state index in [-0.39, 0.29) is 12.4 Å². The Morgan fingerprint density at radius 3 is 3.00 bits per heavy atom. The maximum atomic E-state index is 9.32. The lowest BCUT2D eigenvalue weighted by Gasteiger charge is -2.02. The normalized spacial score (nSPS) is 10.6. The second-order valence-corrected chi connectivity index (χ2v) is 4.31. The van der Waals surface area contributed by atoms with E-state index in [0.717, 1.165) is 5.56 Å². The lowest BCUT2D eigenvalue weighted by Crippen LogP contribution is -2.05. The molecule has 0 unspecified atom stereocenters. The van der Waals surface area contributed by atoms with Crippen molar-refractivity contribution in [2.24, 2.45) is 0 Å². The molecule has 2 rings (SSSR count). The number of aromatic hydroxyl groups is 1. The molecule has 0 saturated carbocycles. The summed E-state index contributed by atoms with van der Waals surface area (Å²) in [6.07, 6.45) is 0. The summed E-state index contributed by atoms with van der Waals surface area (Å²) in [5.74, 6) is 0.915. The molecule has 0 aliphatic heterocycles. The fourth-order valence-corrected chi connectivity index (χ4v) is 2.18. The van der Waals surface area contributed by atoms with Crippen molar-refractivity contribution in [2.45, 2.75) is 17.5 Å². The smallest absolute Gasteiger partial charge is 0.209 e. The Bertz CT molecular complexity index is 489. The van der Waals surface area contributed by atoms with Gasteiger partial charge >= 0.3 is 0 Å². The molecule has 0 aliphatic rings. The summed E-state index contributed by atoms with van der Waals surface area (Å²) in [5.41, 5.74) is 0.994. The molecule has 0 spiro atoms. The van der Waals surface area contributed by atoms with Crippen molar-refractivity contribution >= 4 is 11.8 Å². The monoisotopic (exact) mass is 252 g/mol. The van der Waals surface area contributed by atoms with Crippen molar-refractivity contribution in [1.29, 1.82) is 0 Å².